The summed E-state index contributed by atoms with van der Waals surface area (Å²) in [7, 11) is 0. The summed E-state index contributed by atoms with van der Waals surface area (Å²) < 4.78 is 0. The van der Waals surface area contributed by atoms with Crippen LogP contribution < -0.4 is 5.32 Å². The molecule has 0 radical (unpaired) electrons. The quantitative estimate of drug-likeness (QED) is 0.839. The first-order chi connectivity index (χ1) is 9.16. The minimum atomic E-state index is -0.861. The van der Waals surface area contributed by atoms with Gasteiger partial charge in [-0.05, 0) is 37.0 Å². The van der Waals surface area contributed by atoms with Crippen LogP contribution in [0.1, 0.15) is 54.4 Å². The smallest absolute Gasteiger partial charge is 0.337 e. The van der Waals surface area contributed by atoms with Crippen LogP contribution in [0.4, 0.5) is 5.69 Å². The number of carboxylic acid groups (broad SMARTS) is 1. The fourth-order valence-corrected chi connectivity index (χ4v) is 2.88. The molecule has 0 unspecified atom stereocenters. The Kier molecular flexibility index (Phi) is 4.83. The van der Waals surface area contributed by atoms with E-state index < -0.39 is 5.97 Å². The highest BCUT2D eigenvalue weighted by atomic mass is 16.4. The van der Waals surface area contributed by atoms with Crippen molar-refractivity contribution in [2.24, 2.45) is 5.92 Å². The first kappa shape index (κ1) is 13.9. The van der Waals surface area contributed by atoms with Crippen LogP contribution in [0.15, 0.2) is 18.2 Å². The molecule has 0 heterocycles. The molecule has 2 N–H and O–H groups in total. The van der Waals surface area contributed by atoms with Gasteiger partial charge in [-0.15, -0.1) is 0 Å². The van der Waals surface area contributed by atoms with Gasteiger partial charge in [-0.1, -0.05) is 38.2 Å². The fourth-order valence-electron chi connectivity index (χ4n) is 2.88. The van der Waals surface area contributed by atoms with Gasteiger partial charge in [0.15, 0.2) is 0 Å². The Bertz CT molecular complexity index is 436. The number of aryl methyl sites for hydroxylation is 1. The zero-order valence-corrected chi connectivity index (χ0v) is 11.6. The number of carboxylic acids is 1. The van der Waals surface area contributed by atoms with Gasteiger partial charge in [-0.3, -0.25) is 0 Å². The standard InChI is InChI=1S/C16H23NO2/c1-12-7-8-14(16(18)19)15(11-12)17-10-9-13-5-3-2-4-6-13/h7-8,11,13,17H,2-6,9-10H2,1H3,(H,18,19). The molecule has 2 rings (SSSR count). The maximum atomic E-state index is 11.2. The van der Waals surface area contributed by atoms with Crippen LogP contribution in [0.2, 0.25) is 0 Å². The molecule has 0 saturated heterocycles. The minimum absolute atomic E-state index is 0.370. The summed E-state index contributed by atoms with van der Waals surface area (Å²) in [5, 5.41) is 12.5. The maximum absolute atomic E-state index is 11.2. The lowest BCUT2D eigenvalue weighted by molar-refractivity contribution is 0.0698. The fraction of sp³-hybridized carbons (Fsp3) is 0.562. The van der Waals surface area contributed by atoms with Crippen molar-refractivity contribution in [3.8, 4) is 0 Å². The molecule has 1 aliphatic carbocycles. The molecule has 1 saturated carbocycles. The number of anilines is 1. The van der Waals surface area contributed by atoms with Gasteiger partial charge in [0, 0.05) is 12.2 Å². The van der Waals surface area contributed by atoms with Crippen LogP contribution in [0.5, 0.6) is 0 Å². The SMILES string of the molecule is Cc1ccc(C(=O)O)c(NCCC2CCCCC2)c1. The maximum Gasteiger partial charge on any atom is 0.337 e. The van der Waals surface area contributed by atoms with E-state index in [1.165, 1.54) is 32.1 Å². The molecule has 0 aromatic heterocycles. The highest BCUT2D eigenvalue weighted by Crippen LogP contribution is 2.26. The topological polar surface area (TPSA) is 49.3 Å². The number of nitrogens with one attached hydrogen (secondary N) is 1. The first-order valence-corrected chi connectivity index (χ1v) is 7.24. The molecular weight excluding hydrogens is 238 g/mol. The Hall–Kier alpha value is -1.51. The number of carbonyl (C=O) groups is 1. The van der Waals surface area contributed by atoms with E-state index in [1.807, 2.05) is 19.1 Å². The molecule has 0 aliphatic heterocycles. The molecule has 3 nitrogen and oxygen atoms in total. The highest BCUT2D eigenvalue weighted by Gasteiger charge is 2.14. The van der Waals surface area contributed by atoms with Crippen LogP contribution in [0.3, 0.4) is 0 Å². The summed E-state index contributed by atoms with van der Waals surface area (Å²) >= 11 is 0. The van der Waals surface area contributed by atoms with E-state index >= 15 is 0 Å². The Morgan fingerprint density at radius 2 is 2.05 bits per heavy atom. The lowest BCUT2D eigenvalue weighted by atomic mass is 9.87. The normalized spacial score (nSPS) is 16.3. The summed E-state index contributed by atoms with van der Waals surface area (Å²) in [4.78, 5) is 11.2. The van der Waals surface area contributed by atoms with Gasteiger partial charge in [-0.2, -0.15) is 0 Å². The molecule has 104 valence electrons. The van der Waals surface area contributed by atoms with E-state index in [0.717, 1.165) is 30.1 Å². The first-order valence-electron chi connectivity index (χ1n) is 7.24. The van der Waals surface area contributed by atoms with E-state index in [4.69, 9.17) is 5.11 Å². The summed E-state index contributed by atoms with van der Waals surface area (Å²) in [6.45, 7) is 2.85. The lowest BCUT2D eigenvalue weighted by Gasteiger charge is -2.22. The number of hydrogen-bond donors (Lipinski definition) is 2. The Morgan fingerprint density at radius 1 is 1.32 bits per heavy atom. The van der Waals surface area contributed by atoms with Gasteiger partial charge >= 0.3 is 5.97 Å². The predicted molar refractivity (Wildman–Crippen MR) is 77.8 cm³/mol. The van der Waals surface area contributed by atoms with Crippen molar-refractivity contribution in [2.45, 2.75) is 45.4 Å². The van der Waals surface area contributed by atoms with Crippen LogP contribution in [-0.4, -0.2) is 17.6 Å². The van der Waals surface area contributed by atoms with Crippen LogP contribution in [0, 0.1) is 12.8 Å². The Morgan fingerprint density at radius 3 is 2.74 bits per heavy atom. The molecule has 1 aliphatic rings. The summed E-state index contributed by atoms with van der Waals surface area (Å²) in [5.41, 5.74) is 2.21. The average Bonchev–Trinajstić information content (AvgIpc) is 2.39. The van der Waals surface area contributed by atoms with Crippen molar-refractivity contribution in [2.75, 3.05) is 11.9 Å². The molecule has 3 heteroatoms. The van der Waals surface area contributed by atoms with Gasteiger partial charge < -0.3 is 10.4 Å². The van der Waals surface area contributed by atoms with Crippen molar-refractivity contribution in [3.63, 3.8) is 0 Å². The van der Waals surface area contributed by atoms with Crippen molar-refractivity contribution in [3.05, 3.63) is 29.3 Å². The molecule has 19 heavy (non-hydrogen) atoms. The summed E-state index contributed by atoms with van der Waals surface area (Å²) in [6, 6.07) is 5.45. The van der Waals surface area contributed by atoms with E-state index in [2.05, 4.69) is 5.32 Å². The largest absolute Gasteiger partial charge is 0.478 e. The molecule has 0 spiro atoms. The van der Waals surface area contributed by atoms with E-state index in [0.29, 0.717) is 5.56 Å². The second-order valence-electron chi connectivity index (χ2n) is 5.57. The van der Waals surface area contributed by atoms with Gasteiger partial charge in [0.25, 0.3) is 0 Å². The summed E-state index contributed by atoms with van der Waals surface area (Å²) in [5.74, 6) is -0.0421. The number of benzene rings is 1. The Labute approximate surface area is 115 Å². The number of rotatable bonds is 5. The van der Waals surface area contributed by atoms with Crippen LogP contribution >= 0.6 is 0 Å². The molecule has 0 atom stereocenters. The van der Waals surface area contributed by atoms with Crippen LogP contribution in [0.25, 0.3) is 0 Å². The second-order valence-corrected chi connectivity index (χ2v) is 5.57. The van der Waals surface area contributed by atoms with Crippen molar-refractivity contribution in [1.29, 1.82) is 0 Å². The van der Waals surface area contributed by atoms with Crippen molar-refractivity contribution >= 4 is 11.7 Å². The number of aromatic carboxylic acids is 1. The summed E-state index contributed by atoms with van der Waals surface area (Å²) in [6.07, 6.45) is 7.91. The van der Waals surface area contributed by atoms with E-state index in [9.17, 15) is 4.79 Å². The zero-order valence-electron chi connectivity index (χ0n) is 11.6. The van der Waals surface area contributed by atoms with Crippen molar-refractivity contribution < 1.29 is 9.90 Å². The van der Waals surface area contributed by atoms with Crippen LogP contribution in [-0.2, 0) is 0 Å². The zero-order chi connectivity index (χ0) is 13.7. The van der Waals surface area contributed by atoms with Gasteiger partial charge in [0.2, 0.25) is 0 Å². The molecule has 1 aromatic rings. The molecule has 1 aromatic carbocycles. The van der Waals surface area contributed by atoms with Gasteiger partial charge in [0.05, 0.1) is 5.56 Å². The molecule has 0 bridgehead atoms. The second kappa shape index (κ2) is 6.60. The Balaban J connectivity index is 1.91. The average molecular weight is 261 g/mol. The monoisotopic (exact) mass is 261 g/mol. The third-order valence-corrected chi connectivity index (χ3v) is 4.00. The van der Waals surface area contributed by atoms with Gasteiger partial charge in [0.1, 0.15) is 0 Å². The molecule has 1 fully saturated rings. The van der Waals surface area contributed by atoms with Crippen molar-refractivity contribution in [1.82, 2.24) is 0 Å². The number of hydrogen-bond acceptors (Lipinski definition) is 2. The lowest BCUT2D eigenvalue weighted by Crippen LogP contribution is -2.13. The third-order valence-electron chi connectivity index (χ3n) is 4.00. The van der Waals surface area contributed by atoms with Gasteiger partial charge in [-0.25, -0.2) is 4.79 Å². The molecule has 0 amide bonds. The van der Waals surface area contributed by atoms with E-state index in [1.54, 1.807) is 6.07 Å². The predicted octanol–water partition coefficient (Wildman–Crippen LogP) is 4.08. The highest BCUT2D eigenvalue weighted by molar-refractivity contribution is 5.94. The minimum Gasteiger partial charge on any atom is -0.478 e. The molecular formula is C16H23NO2. The third kappa shape index (κ3) is 3.98. The van der Waals surface area contributed by atoms with E-state index in [-0.39, 0.29) is 0 Å².